The molecule has 0 spiro atoms. The Bertz CT molecular complexity index is 890. The lowest BCUT2D eigenvalue weighted by atomic mass is 10.1. The Morgan fingerprint density at radius 3 is 2.42 bits per heavy atom. The summed E-state index contributed by atoms with van der Waals surface area (Å²) in [6, 6.07) is 11.0. The van der Waals surface area contributed by atoms with Gasteiger partial charge in [-0.3, -0.25) is 9.59 Å². The van der Waals surface area contributed by atoms with Crippen LogP contribution in [0.3, 0.4) is 0 Å². The molecule has 5 nitrogen and oxygen atoms in total. The Hall–Kier alpha value is -2.53. The third-order valence-electron chi connectivity index (χ3n) is 5.20. The monoisotopic (exact) mass is 444 g/mol. The zero-order chi connectivity index (χ0) is 23.0. The number of carbonyl (C=O) groups excluding carboxylic acids is 2. The van der Waals surface area contributed by atoms with E-state index >= 15 is 0 Å². The van der Waals surface area contributed by atoms with Crippen LogP contribution in [0.2, 0.25) is 5.02 Å². The lowest BCUT2D eigenvalue weighted by molar-refractivity contribution is -0.142. The summed E-state index contributed by atoms with van der Waals surface area (Å²) in [6.07, 6.45) is 1.90. The number of carbonyl (C=O) groups is 2. The molecule has 0 radical (unpaired) electrons. The van der Waals surface area contributed by atoms with E-state index in [1.165, 1.54) is 0 Å². The lowest BCUT2D eigenvalue weighted by Gasteiger charge is -2.29. The molecule has 0 saturated heterocycles. The van der Waals surface area contributed by atoms with Gasteiger partial charge in [-0.1, -0.05) is 54.8 Å². The van der Waals surface area contributed by atoms with Crippen molar-refractivity contribution in [3.8, 4) is 5.75 Å². The highest BCUT2D eigenvalue weighted by molar-refractivity contribution is 6.32. The number of unbranched alkanes of at least 4 members (excludes halogenated alkanes) is 1. The summed E-state index contributed by atoms with van der Waals surface area (Å²) in [4.78, 5) is 27.3. The molecule has 168 valence electrons. The van der Waals surface area contributed by atoms with Crippen molar-refractivity contribution >= 4 is 23.4 Å². The van der Waals surface area contributed by atoms with Crippen LogP contribution in [0.25, 0.3) is 0 Å². The number of rotatable bonds is 10. The average Bonchev–Trinajstić information content (AvgIpc) is 2.73. The van der Waals surface area contributed by atoms with Gasteiger partial charge in [0.1, 0.15) is 11.8 Å². The Balaban J connectivity index is 2.15. The summed E-state index contributed by atoms with van der Waals surface area (Å²) in [5.74, 6) is 0.181. The van der Waals surface area contributed by atoms with E-state index in [0.29, 0.717) is 23.9 Å². The van der Waals surface area contributed by atoms with Crippen LogP contribution in [0.1, 0.15) is 48.9 Å². The van der Waals surface area contributed by atoms with Gasteiger partial charge in [0.2, 0.25) is 5.91 Å². The first kappa shape index (κ1) is 24.7. The fraction of sp³-hybridized carbons (Fsp3) is 0.440. The zero-order valence-electron chi connectivity index (χ0n) is 19.1. The maximum Gasteiger partial charge on any atom is 0.261 e. The number of aryl methyl sites for hydroxylation is 3. The maximum atomic E-state index is 13.1. The van der Waals surface area contributed by atoms with Crippen molar-refractivity contribution < 1.29 is 14.3 Å². The third kappa shape index (κ3) is 7.28. The number of halogens is 1. The molecular formula is C25H33ClN2O3. The molecule has 2 amide bonds. The first-order valence-corrected chi connectivity index (χ1v) is 11.1. The largest absolute Gasteiger partial charge is 0.484 e. The summed E-state index contributed by atoms with van der Waals surface area (Å²) in [5, 5.41) is 3.61. The molecule has 0 heterocycles. The van der Waals surface area contributed by atoms with Crippen molar-refractivity contribution in [2.24, 2.45) is 0 Å². The Morgan fingerprint density at radius 2 is 1.81 bits per heavy atom. The minimum Gasteiger partial charge on any atom is -0.484 e. The minimum absolute atomic E-state index is 0.154. The number of benzene rings is 2. The minimum atomic E-state index is -0.609. The van der Waals surface area contributed by atoms with Gasteiger partial charge in [0.05, 0.1) is 0 Å². The zero-order valence-corrected chi connectivity index (χ0v) is 19.9. The van der Waals surface area contributed by atoms with E-state index in [1.54, 1.807) is 11.8 Å². The molecule has 0 unspecified atom stereocenters. The number of ether oxygens (including phenoxy) is 1. The summed E-state index contributed by atoms with van der Waals surface area (Å²) in [5.41, 5.74) is 3.86. The molecule has 0 saturated carbocycles. The highest BCUT2D eigenvalue weighted by Gasteiger charge is 2.26. The summed E-state index contributed by atoms with van der Waals surface area (Å²) in [7, 11) is 0. The molecule has 2 aromatic carbocycles. The van der Waals surface area contributed by atoms with Gasteiger partial charge in [-0.15, -0.1) is 0 Å². The first-order valence-electron chi connectivity index (χ1n) is 10.7. The van der Waals surface area contributed by atoms with Gasteiger partial charge in [-0.25, -0.2) is 0 Å². The quantitative estimate of drug-likeness (QED) is 0.526. The van der Waals surface area contributed by atoms with Gasteiger partial charge < -0.3 is 15.0 Å². The Kier molecular flexibility index (Phi) is 9.38. The van der Waals surface area contributed by atoms with Crippen molar-refractivity contribution in [2.45, 2.75) is 60.0 Å². The first-order chi connectivity index (χ1) is 14.7. The highest BCUT2D eigenvalue weighted by atomic mass is 35.5. The van der Waals surface area contributed by atoms with Crippen LogP contribution in [0.4, 0.5) is 0 Å². The predicted molar refractivity (Wildman–Crippen MR) is 126 cm³/mol. The molecule has 0 aliphatic carbocycles. The summed E-state index contributed by atoms with van der Waals surface area (Å²) in [6.45, 7) is 10.4. The summed E-state index contributed by atoms with van der Waals surface area (Å²) >= 11 is 6.22. The number of amides is 2. The standard InChI is InChI=1S/C25H33ClN2O3/c1-6-7-11-27-25(30)20(5)28(15-21-10-8-9-17(2)12-21)23(29)16-31-22-13-18(3)24(26)19(4)14-22/h8-10,12-14,20H,6-7,11,15-16H2,1-5H3,(H,27,30)/t20-/m0/s1. The van der Waals surface area contributed by atoms with Gasteiger partial charge in [-0.05, 0) is 62.9 Å². The molecule has 2 rings (SSSR count). The van der Waals surface area contributed by atoms with E-state index in [-0.39, 0.29) is 18.4 Å². The normalized spacial score (nSPS) is 11.7. The highest BCUT2D eigenvalue weighted by Crippen LogP contribution is 2.26. The van der Waals surface area contributed by atoms with Crippen LogP contribution in [0.5, 0.6) is 5.75 Å². The van der Waals surface area contributed by atoms with Gasteiger partial charge in [-0.2, -0.15) is 0 Å². The maximum absolute atomic E-state index is 13.1. The molecule has 0 bridgehead atoms. The van der Waals surface area contributed by atoms with E-state index in [0.717, 1.165) is 35.1 Å². The van der Waals surface area contributed by atoms with E-state index < -0.39 is 6.04 Å². The van der Waals surface area contributed by atoms with Gasteiger partial charge in [0.15, 0.2) is 6.61 Å². The van der Waals surface area contributed by atoms with Gasteiger partial charge >= 0.3 is 0 Å². The molecule has 0 fully saturated rings. The van der Waals surface area contributed by atoms with Crippen LogP contribution < -0.4 is 10.1 Å². The fourth-order valence-corrected chi connectivity index (χ4v) is 3.45. The average molecular weight is 445 g/mol. The fourth-order valence-electron chi connectivity index (χ4n) is 3.34. The van der Waals surface area contributed by atoms with E-state index in [1.807, 2.05) is 57.2 Å². The van der Waals surface area contributed by atoms with E-state index in [9.17, 15) is 9.59 Å². The van der Waals surface area contributed by atoms with Gasteiger partial charge in [0.25, 0.3) is 5.91 Å². The van der Waals surface area contributed by atoms with Crippen LogP contribution in [-0.2, 0) is 16.1 Å². The molecule has 0 aliphatic rings. The van der Waals surface area contributed by atoms with Crippen molar-refractivity contribution in [1.82, 2.24) is 10.2 Å². The van der Waals surface area contributed by atoms with Gasteiger partial charge in [0, 0.05) is 18.1 Å². The van der Waals surface area contributed by atoms with Crippen LogP contribution in [0.15, 0.2) is 36.4 Å². The van der Waals surface area contributed by atoms with Crippen molar-refractivity contribution in [2.75, 3.05) is 13.2 Å². The molecular weight excluding hydrogens is 412 g/mol. The van der Waals surface area contributed by atoms with Crippen molar-refractivity contribution in [1.29, 1.82) is 0 Å². The third-order valence-corrected chi connectivity index (χ3v) is 5.80. The molecule has 2 aromatic rings. The van der Waals surface area contributed by atoms with E-state index in [2.05, 4.69) is 12.2 Å². The van der Waals surface area contributed by atoms with Crippen molar-refractivity contribution in [3.05, 3.63) is 63.7 Å². The second-order valence-corrected chi connectivity index (χ2v) is 8.37. The smallest absolute Gasteiger partial charge is 0.261 e. The second-order valence-electron chi connectivity index (χ2n) is 7.99. The molecule has 31 heavy (non-hydrogen) atoms. The Labute approximate surface area is 190 Å². The molecule has 1 atom stereocenters. The topological polar surface area (TPSA) is 58.6 Å². The molecule has 0 aliphatic heterocycles. The second kappa shape index (κ2) is 11.8. The van der Waals surface area contributed by atoms with Crippen LogP contribution in [-0.4, -0.2) is 35.9 Å². The molecule has 1 N–H and O–H groups in total. The molecule has 6 heteroatoms. The number of hydrogen-bond donors (Lipinski definition) is 1. The SMILES string of the molecule is CCCCNC(=O)[C@H](C)N(Cc1cccc(C)c1)C(=O)COc1cc(C)c(Cl)c(C)c1. The number of nitrogens with one attached hydrogen (secondary N) is 1. The number of nitrogens with zero attached hydrogens (tertiary/aromatic N) is 1. The lowest BCUT2D eigenvalue weighted by Crippen LogP contribution is -2.49. The van der Waals surface area contributed by atoms with Crippen LogP contribution >= 0.6 is 11.6 Å². The number of hydrogen-bond acceptors (Lipinski definition) is 3. The van der Waals surface area contributed by atoms with Crippen LogP contribution in [0, 0.1) is 20.8 Å². The van der Waals surface area contributed by atoms with E-state index in [4.69, 9.17) is 16.3 Å². The Morgan fingerprint density at radius 1 is 1.13 bits per heavy atom. The predicted octanol–water partition coefficient (Wildman–Crippen LogP) is 4.98. The summed E-state index contributed by atoms with van der Waals surface area (Å²) < 4.78 is 5.77. The van der Waals surface area contributed by atoms with Crippen molar-refractivity contribution in [3.63, 3.8) is 0 Å². The molecule has 0 aromatic heterocycles.